The molecule has 92 valence electrons. The van der Waals surface area contributed by atoms with E-state index in [0.29, 0.717) is 5.75 Å². The van der Waals surface area contributed by atoms with Crippen molar-refractivity contribution < 1.29 is 9.53 Å². The Bertz CT molecular complexity index is 428. The van der Waals surface area contributed by atoms with E-state index in [1.807, 2.05) is 32.0 Å². The van der Waals surface area contributed by atoms with Gasteiger partial charge in [-0.25, -0.2) is 9.79 Å². The minimum atomic E-state index is -0.478. The zero-order valence-electron chi connectivity index (χ0n) is 10.5. The fraction of sp³-hybridized carbons (Fsp3) is 0.333. The molecule has 0 aliphatic carbocycles. The minimum Gasteiger partial charge on any atom is -0.410 e. The van der Waals surface area contributed by atoms with Gasteiger partial charge in [0.2, 0.25) is 0 Å². The van der Waals surface area contributed by atoms with Crippen LogP contribution >= 0.6 is 0 Å². The molecule has 1 rings (SSSR count). The van der Waals surface area contributed by atoms with Crippen LogP contribution in [0.4, 0.5) is 10.5 Å². The maximum absolute atomic E-state index is 11.0. The average Bonchev–Trinajstić information content (AvgIpc) is 2.27. The van der Waals surface area contributed by atoms with Crippen LogP contribution in [0, 0.1) is 6.92 Å². The standard InChI is InChI=1S/C12H17N3O2/c1-9-7-10(17-12(16)13-2)5-6-11(9)14-8-15(3)4/h5-8H,1-4H3,(H,13,16). The molecule has 0 aliphatic heterocycles. The Balaban J connectivity index is 2.82. The maximum Gasteiger partial charge on any atom is 0.412 e. The largest absolute Gasteiger partial charge is 0.412 e. The molecule has 0 atom stereocenters. The topological polar surface area (TPSA) is 53.9 Å². The highest BCUT2D eigenvalue weighted by Gasteiger charge is 2.03. The average molecular weight is 235 g/mol. The van der Waals surface area contributed by atoms with Crippen LogP contribution in [0.2, 0.25) is 0 Å². The van der Waals surface area contributed by atoms with Gasteiger partial charge >= 0.3 is 6.09 Å². The molecule has 0 fully saturated rings. The lowest BCUT2D eigenvalue weighted by Gasteiger charge is -2.07. The second kappa shape index (κ2) is 5.89. The third kappa shape index (κ3) is 4.14. The smallest absolute Gasteiger partial charge is 0.410 e. The molecule has 0 bridgehead atoms. The van der Waals surface area contributed by atoms with Crippen molar-refractivity contribution in [3.05, 3.63) is 23.8 Å². The minimum absolute atomic E-state index is 0.478. The van der Waals surface area contributed by atoms with Crippen LogP contribution in [0.25, 0.3) is 0 Å². The van der Waals surface area contributed by atoms with Gasteiger partial charge in [-0.05, 0) is 30.7 Å². The quantitative estimate of drug-likeness (QED) is 0.643. The van der Waals surface area contributed by atoms with Crippen LogP contribution in [0.3, 0.4) is 0 Å². The SMILES string of the molecule is CNC(=O)Oc1ccc(N=CN(C)C)c(C)c1. The summed E-state index contributed by atoms with van der Waals surface area (Å²) in [4.78, 5) is 17.2. The van der Waals surface area contributed by atoms with Crippen molar-refractivity contribution in [3.63, 3.8) is 0 Å². The fourth-order valence-corrected chi connectivity index (χ4v) is 1.17. The van der Waals surface area contributed by atoms with E-state index in [0.717, 1.165) is 11.3 Å². The predicted octanol–water partition coefficient (Wildman–Crippen LogP) is 1.93. The molecule has 1 aromatic carbocycles. The Morgan fingerprint density at radius 2 is 2.18 bits per heavy atom. The Morgan fingerprint density at radius 3 is 2.71 bits per heavy atom. The summed E-state index contributed by atoms with van der Waals surface area (Å²) < 4.78 is 5.01. The zero-order valence-corrected chi connectivity index (χ0v) is 10.5. The molecular formula is C12H17N3O2. The number of rotatable bonds is 3. The normalized spacial score (nSPS) is 10.4. The van der Waals surface area contributed by atoms with Crippen LogP contribution in [0.15, 0.2) is 23.2 Å². The summed E-state index contributed by atoms with van der Waals surface area (Å²) in [6.07, 6.45) is 1.25. The third-order valence-corrected chi connectivity index (χ3v) is 2.01. The first-order valence-electron chi connectivity index (χ1n) is 5.23. The van der Waals surface area contributed by atoms with Crippen molar-refractivity contribution >= 4 is 18.1 Å². The first-order valence-corrected chi connectivity index (χ1v) is 5.23. The van der Waals surface area contributed by atoms with Crippen LogP contribution in [-0.4, -0.2) is 38.5 Å². The van der Waals surface area contributed by atoms with Crippen LogP contribution < -0.4 is 10.1 Å². The van der Waals surface area contributed by atoms with Gasteiger partial charge in [-0.2, -0.15) is 0 Å². The molecule has 5 heteroatoms. The van der Waals surface area contributed by atoms with Gasteiger partial charge in [0.15, 0.2) is 0 Å². The molecule has 0 unspecified atom stereocenters. The second-order valence-corrected chi connectivity index (χ2v) is 3.80. The Morgan fingerprint density at radius 1 is 1.47 bits per heavy atom. The summed E-state index contributed by atoms with van der Waals surface area (Å²) in [6.45, 7) is 1.92. The Labute approximate surface area is 101 Å². The molecule has 0 aromatic heterocycles. The summed E-state index contributed by atoms with van der Waals surface area (Å²) in [5.41, 5.74) is 1.80. The molecule has 5 nitrogen and oxygen atoms in total. The number of aryl methyl sites for hydroxylation is 1. The monoisotopic (exact) mass is 235 g/mol. The van der Waals surface area contributed by atoms with E-state index >= 15 is 0 Å². The van der Waals surface area contributed by atoms with Crippen molar-refractivity contribution in [1.29, 1.82) is 0 Å². The number of carbonyl (C=O) groups is 1. The summed E-state index contributed by atoms with van der Waals surface area (Å²) >= 11 is 0. The highest BCUT2D eigenvalue weighted by Crippen LogP contribution is 2.23. The molecular weight excluding hydrogens is 218 g/mol. The van der Waals surface area contributed by atoms with E-state index in [2.05, 4.69) is 10.3 Å². The number of carbonyl (C=O) groups excluding carboxylic acids is 1. The summed E-state index contributed by atoms with van der Waals surface area (Å²) in [5, 5.41) is 2.39. The van der Waals surface area contributed by atoms with E-state index in [9.17, 15) is 4.79 Å². The number of amides is 1. The highest BCUT2D eigenvalue weighted by molar-refractivity contribution is 5.70. The van der Waals surface area contributed by atoms with Crippen LogP contribution in [0.5, 0.6) is 5.75 Å². The van der Waals surface area contributed by atoms with E-state index in [-0.39, 0.29) is 0 Å². The van der Waals surface area contributed by atoms with Crippen molar-refractivity contribution in [2.75, 3.05) is 21.1 Å². The van der Waals surface area contributed by atoms with Gasteiger partial charge in [-0.15, -0.1) is 0 Å². The molecule has 0 spiro atoms. The second-order valence-electron chi connectivity index (χ2n) is 3.80. The molecule has 17 heavy (non-hydrogen) atoms. The fourth-order valence-electron chi connectivity index (χ4n) is 1.17. The number of hydrogen-bond acceptors (Lipinski definition) is 3. The molecule has 1 amide bonds. The predicted molar refractivity (Wildman–Crippen MR) is 68.1 cm³/mol. The Hall–Kier alpha value is -2.04. The highest BCUT2D eigenvalue weighted by atomic mass is 16.5. The number of hydrogen-bond donors (Lipinski definition) is 1. The number of nitrogens with one attached hydrogen (secondary N) is 1. The maximum atomic E-state index is 11.0. The lowest BCUT2D eigenvalue weighted by Crippen LogP contribution is -2.21. The van der Waals surface area contributed by atoms with Crippen molar-refractivity contribution in [2.45, 2.75) is 6.92 Å². The number of nitrogens with zero attached hydrogens (tertiary/aromatic N) is 2. The first-order chi connectivity index (χ1) is 8.02. The number of ether oxygens (including phenoxy) is 1. The molecule has 0 saturated heterocycles. The van der Waals surface area contributed by atoms with Crippen molar-refractivity contribution in [2.24, 2.45) is 4.99 Å². The number of benzene rings is 1. The van der Waals surface area contributed by atoms with Crippen molar-refractivity contribution in [3.8, 4) is 5.75 Å². The summed E-state index contributed by atoms with van der Waals surface area (Å²) in [5.74, 6) is 0.505. The van der Waals surface area contributed by atoms with E-state index in [4.69, 9.17) is 4.74 Å². The van der Waals surface area contributed by atoms with E-state index < -0.39 is 6.09 Å². The molecule has 0 heterocycles. The molecule has 1 aromatic rings. The Kier molecular flexibility index (Phi) is 4.51. The van der Waals surface area contributed by atoms with Gasteiger partial charge in [-0.3, -0.25) is 0 Å². The van der Waals surface area contributed by atoms with Gasteiger partial charge in [0, 0.05) is 21.1 Å². The molecule has 1 N–H and O–H groups in total. The van der Waals surface area contributed by atoms with Gasteiger partial charge in [-0.1, -0.05) is 0 Å². The molecule has 0 aliphatic rings. The molecule has 0 saturated carbocycles. The summed E-state index contributed by atoms with van der Waals surface area (Å²) in [7, 11) is 5.33. The van der Waals surface area contributed by atoms with E-state index in [1.165, 1.54) is 7.05 Å². The van der Waals surface area contributed by atoms with Crippen LogP contribution in [-0.2, 0) is 0 Å². The van der Waals surface area contributed by atoms with Gasteiger partial charge in [0.05, 0.1) is 12.0 Å². The number of aliphatic imine (C=N–C) groups is 1. The molecule has 0 radical (unpaired) electrons. The lowest BCUT2D eigenvalue weighted by atomic mass is 10.2. The van der Waals surface area contributed by atoms with Gasteiger partial charge < -0.3 is 15.0 Å². The van der Waals surface area contributed by atoms with E-state index in [1.54, 1.807) is 18.5 Å². The van der Waals surface area contributed by atoms with Crippen LogP contribution in [0.1, 0.15) is 5.56 Å². The van der Waals surface area contributed by atoms with Crippen molar-refractivity contribution in [1.82, 2.24) is 10.2 Å². The third-order valence-electron chi connectivity index (χ3n) is 2.01. The zero-order chi connectivity index (χ0) is 12.8. The van der Waals surface area contributed by atoms with Gasteiger partial charge in [0.25, 0.3) is 0 Å². The van der Waals surface area contributed by atoms with Gasteiger partial charge in [0.1, 0.15) is 5.75 Å². The summed E-state index contributed by atoms with van der Waals surface area (Å²) in [6, 6.07) is 5.30. The first kappa shape index (κ1) is 13.0. The lowest BCUT2D eigenvalue weighted by molar-refractivity contribution is 0.203.